The molecule has 2 heterocycles. The number of benzene rings is 2. The molecule has 0 aliphatic carbocycles. The second-order valence-corrected chi connectivity index (χ2v) is 16.5. The Balaban J connectivity index is 1.78. The third kappa shape index (κ3) is 12.1. The first-order chi connectivity index (χ1) is 27.3. The maximum absolute atomic E-state index is 14.6. The number of rotatable bonds is 23. The molecule has 314 valence electrons. The minimum atomic E-state index is -0.968. The van der Waals surface area contributed by atoms with Gasteiger partial charge in [0.15, 0.2) is 4.77 Å². The quantitative estimate of drug-likeness (QED) is 0.0318. The number of H-pyrrole nitrogens is 1. The van der Waals surface area contributed by atoms with Gasteiger partial charge in [0.25, 0.3) is 0 Å². The smallest absolute Gasteiger partial charge is 0.337 e. The number of ether oxygens (including phenoxy) is 3. The van der Waals surface area contributed by atoms with Gasteiger partial charge in [-0.3, -0.25) is 0 Å². The standard InChI is InChI=1S/C46H69N5O5S/c1-9-11-12-13-14-15-16-17-18-19-20-21-22-23-33-34(47)27-35(48)43(54-10-2)40(33)42-39(44(52)55-29(3)4)32(8)49-37(41(42)45(53)56-30(5)6)28-51-38-25-24-31(7)26-36(38)50-46(51)57/h24-27,29-30,42,49H,9-23,28,47-48H2,1-8H3,(H,50,57). The Bertz CT molecular complexity index is 1960. The van der Waals surface area contributed by atoms with Gasteiger partial charge >= 0.3 is 11.9 Å². The number of allylic oxidation sites excluding steroid dienone is 2. The zero-order chi connectivity index (χ0) is 41.6. The number of carbonyl (C=O) groups excluding carboxylic acids is 2. The Morgan fingerprint density at radius 2 is 1.35 bits per heavy atom. The fraction of sp³-hybridized carbons (Fsp3) is 0.587. The Kier molecular flexibility index (Phi) is 17.6. The van der Waals surface area contributed by atoms with Crippen molar-refractivity contribution in [3.05, 3.63) is 68.3 Å². The molecule has 1 aromatic heterocycles. The van der Waals surface area contributed by atoms with Crippen LogP contribution in [0.1, 0.15) is 155 Å². The summed E-state index contributed by atoms with van der Waals surface area (Å²) in [7, 11) is 0. The molecule has 1 aliphatic rings. The molecule has 1 aliphatic heterocycles. The van der Waals surface area contributed by atoms with Crippen LogP contribution in [-0.4, -0.2) is 40.3 Å². The number of imidazole rings is 1. The van der Waals surface area contributed by atoms with E-state index in [2.05, 4.69) is 17.2 Å². The minimum absolute atomic E-state index is 0.195. The Morgan fingerprint density at radius 1 is 0.789 bits per heavy atom. The number of dihydropyridines is 1. The number of nitrogen functional groups attached to an aromatic ring is 2. The fourth-order valence-corrected chi connectivity index (χ4v) is 8.22. The van der Waals surface area contributed by atoms with Gasteiger partial charge < -0.3 is 40.5 Å². The van der Waals surface area contributed by atoms with E-state index in [0.717, 1.165) is 41.4 Å². The van der Waals surface area contributed by atoms with E-state index in [1.807, 2.05) is 43.5 Å². The molecule has 0 spiro atoms. The predicted molar refractivity (Wildman–Crippen MR) is 236 cm³/mol. The highest BCUT2D eigenvalue weighted by Crippen LogP contribution is 2.49. The molecule has 1 atom stereocenters. The number of hydrogen-bond donors (Lipinski definition) is 4. The molecule has 0 radical (unpaired) electrons. The number of aromatic amines is 1. The Morgan fingerprint density at radius 3 is 1.91 bits per heavy atom. The summed E-state index contributed by atoms with van der Waals surface area (Å²) in [5, 5.41) is 3.44. The first-order valence-corrected chi connectivity index (χ1v) is 21.8. The van der Waals surface area contributed by atoms with E-state index in [-0.39, 0.29) is 17.7 Å². The highest BCUT2D eigenvalue weighted by molar-refractivity contribution is 7.71. The number of hydrogen-bond acceptors (Lipinski definition) is 9. The van der Waals surface area contributed by atoms with Crippen molar-refractivity contribution in [2.45, 2.75) is 170 Å². The lowest BCUT2D eigenvalue weighted by atomic mass is 9.76. The lowest BCUT2D eigenvalue weighted by Crippen LogP contribution is -2.36. The van der Waals surface area contributed by atoms with E-state index in [4.69, 9.17) is 37.9 Å². The summed E-state index contributed by atoms with van der Waals surface area (Å²) in [6, 6.07) is 7.81. The second kappa shape index (κ2) is 22.0. The van der Waals surface area contributed by atoms with Gasteiger partial charge in [-0.25, -0.2) is 9.59 Å². The van der Waals surface area contributed by atoms with Crippen LogP contribution in [0.4, 0.5) is 11.4 Å². The van der Waals surface area contributed by atoms with Crippen molar-refractivity contribution in [3.63, 3.8) is 0 Å². The van der Waals surface area contributed by atoms with Crippen LogP contribution in [0, 0.1) is 11.7 Å². The second-order valence-electron chi connectivity index (χ2n) is 16.1. The molecule has 2 aromatic carbocycles. The molecule has 0 amide bonds. The van der Waals surface area contributed by atoms with Gasteiger partial charge in [-0.15, -0.1) is 0 Å². The molecule has 11 heteroatoms. The van der Waals surface area contributed by atoms with Gasteiger partial charge in [-0.1, -0.05) is 90.0 Å². The number of nitrogens with zero attached hydrogens (tertiary/aromatic N) is 1. The maximum atomic E-state index is 14.6. The summed E-state index contributed by atoms with van der Waals surface area (Å²) in [6.07, 6.45) is 15.9. The van der Waals surface area contributed by atoms with Crippen molar-refractivity contribution in [2.24, 2.45) is 0 Å². The van der Waals surface area contributed by atoms with Crippen LogP contribution in [0.3, 0.4) is 0 Å². The normalized spacial score (nSPS) is 14.5. The summed E-state index contributed by atoms with van der Waals surface area (Å²) < 4.78 is 20.7. The van der Waals surface area contributed by atoms with E-state index in [1.165, 1.54) is 64.2 Å². The van der Waals surface area contributed by atoms with Crippen LogP contribution in [0.2, 0.25) is 0 Å². The van der Waals surface area contributed by atoms with Gasteiger partial charge in [0.1, 0.15) is 5.75 Å². The van der Waals surface area contributed by atoms with Gasteiger partial charge in [0, 0.05) is 22.6 Å². The van der Waals surface area contributed by atoms with E-state index in [9.17, 15) is 9.59 Å². The van der Waals surface area contributed by atoms with Crippen molar-refractivity contribution < 1.29 is 23.8 Å². The molecule has 57 heavy (non-hydrogen) atoms. The van der Waals surface area contributed by atoms with E-state index in [1.54, 1.807) is 33.8 Å². The summed E-state index contributed by atoms with van der Waals surface area (Å²) in [5.41, 5.74) is 20.3. The SMILES string of the molecule is CCCCCCCCCCCCCCCc1c(N)cc(N)c(OCC)c1C1C(C(=O)OC(C)C)=C(C)NC(Cn2c(=S)[nH]c3cc(C)ccc32)=C1C(=O)OC(C)C. The monoisotopic (exact) mass is 804 g/mol. The lowest BCUT2D eigenvalue weighted by Gasteiger charge is -2.35. The molecule has 0 saturated heterocycles. The highest BCUT2D eigenvalue weighted by atomic mass is 32.1. The largest absolute Gasteiger partial charge is 0.491 e. The van der Waals surface area contributed by atoms with E-state index < -0.39 is 30.1 Å². The Labute approximate surface area is 346 Å². The molecule has 0 saturated carbocycles. The molecule has 10 nitrogen and oxygen atoms in total. The van der Waals surface area contributed by atoms with Crippen molar-refractivity contribution >= 4 is 46.6 Å². The minimum Gasteiger partial charge on any atom is -0.491 e. The number of aryl methyl sites for hydroxylation is 1. The van der Waals surface area contributed by atoms with Crippen LogP contribution < -0.4 is 21.5 Å². The van der Waals surface area contributed by atoms with Crippen LogP contribution in [0.25, 0.3) is 11.0 Å². The zero-order valence-corrected chi connectivity index (χ0v) is 36.7. The molecule has 4 rings (SSSR count). The maximum Gasteiger partial charge on any atom is 0.337 e. The third-order valence-electron chi connectivity index (χ3n) is 10.6. The molecular weight excluding hydrogens is 735 g/mol. The van der Waals surface area contributed by atoms with E-state index >= 15 is 0 Å². The van der Waals surface area contributed by atoms with Crippen molar-refractivity contribution in [3.8, 4) is 5.75 Å². The molecule has 0 fully saturated rings. The van der Waals surface area contributed by atoms with Crippen molar-refractivity contribution in [1.29, 1.82) is 0 Å². The average molecular weight is 804 g/mol. The average Bonchev–Trinajstić information content (AvgIpc) is 3.43. The lowest BCUT2D eigenvalue weighted by molar-refractivity contribution is -0.143. The number of esters is 2. The van der Waals surface area contributed by atoms with Gasteiger partial charge in [-0.2, -0.15) is 0 Å². The number of unbranched alkanes of at least 4 members (excludes halogenated alkanes) is 12. The topological polar surface area (TPSA) is 147 Å². The molecule has 0 bridgehead atoms. The summed E-state index contributed by atoms with van der Waals surface area (Å²) >= 11 is 5.84. The van der Waals surface area contributed by atoms with Crippen LogP contribution in [-0.2, 0) is 32.0 Å². The number of anilines is 2. The number of nitrogens with two attached hydrogens (primary N) is 2. The number of nitrogens with one attached hydrogen (secondary N) is 2. The van der Waals surface area contributed by atoms with Crippen molar-refractivity contribution in [1.82, 2.24) is 14.9 Å². The molecular formula is C46H69N5O5S. The fourth-order valence-electron chi connectivity index (χ4n) is 7.95. The van der Waals surface area contributed by atoms with Crippen molar-refractivity contribution in [2.75, 3.05) is 18.1 Å². The summed E-state index contributed by atoms with van der Waals surface area (Å²) in [4.78, 5) is 32.2. The van der Waals surface area contributed by atoms with Gasteiger partial charge in [0.2, 0.25) is 0 Å². The number of aromatic nitrogens is 2. The highest BCUT2D eigenvalue weighted by Gasteiger charge is 2.43. The molecule has 6 N–H and O–H groups in total. The predicted octanol–water partition coefficient (Wildman–Crippen LogP) is 11.0. The third-order valence-corrected chi connectivity index (χ3v) is 10.9. The first-order valence-electron chi connectivity index (χ1n) is 21.4. The van der Waals surface area contributed by atoms with Gasteiger partial charge in [-0.05, 0) is 103 Å². The van der Waals surface area contributed by atoms with Gasteiger partial charge in [0.05, 0.1) is 59.1 Å². The number of fused-ring (bicyclic) bond motifs is 1. The van der Waals surface area contributed by atoms with Crippen LogP contribution in [0.5, 0.6) is 5.75 Å². The summed E-state index contributed by atoms with van der Waals surface area (Å²) in [5.74, 6) is -1.69. The van der Waals surface area contributed by atoms with Crippen LogP contribution in [0.15, 0.2) is 46.8 Å². The Hall–Kier alpha value is -4.25. The number of carbonyl (C=O) groups is 2. The van der Waals surface area contributed by atoms with Crippen LogP contribution >= 0.6 is 12.2 Å². The molecule has 1 unspecified atom stereocenters. The zero-order valence-electron chi connectivity index (χ0n) is 35.9. The molecule has 3 aromatic rings. The summed E-state index contributed by atoms with van der Waals surface area (Å²) in [6.45, 7) is 15.7. The van der Waals surface area contributed by atoms with E-state index in [0.29, 0.717) is 51.9 Å². The first kappa shape index (κ1) is 45.5.